The number of hydrazine groups is 1. The largest absolute Gasteiger partial charge is 0.493 e. The molecule has 0 aliphatic carbocycles. The van der Waals surface area contributed by atoms with Crippen molar-refractivity contribution in [3.63, 3.8) is 0 Å². The second kappa shape index (κ2) is 10.0. The van der Waals surface area contributed by atoms with Crippen LogP contribution in [0, 0.1) is 6.92 Å². The zero-order valence-electron chi connectivity index (χ0n) is 15.6. The molecule has 2 aromatic rings. The van der Waals surface area contributed by atoms with Gasteiger partial charge in [-0.3, -0.25) is 25.2 Å². The van der Waals surface area contributed by atoms with E-state index >= 15 is 0 Å². The van der Waals surface area contributed by atoms with E-state index in [0.717, 1.165) is 11.6 Å². The summed E-state index contributed by atoms with van der Waals surface area (Å²) in [5.74, 6) is -2.09. The topological polar surface area (TPSA) is 106 Å². The highest BCUT2D eigenvalue weighted by Gasteiger charge is 2.15. The highest BCUT2D eigenvalue weighted by Crippen LogP contribution is 2.29. The van der Waals surface area contributed by atoms with Crippen LogP contribution in [0.1, 0.15) is 26.3 Å². The first-order valence-corrected chi connectivity index (χ1v) is 8.37. The summed E-state index contributed by atoms with van der Waals surface area (Å²) in [5.41, 5.74) is 5.64. The van der Waals surface area contributed by atoms with E-state index in [-0.39, 0.29) is 17.1 Å². The maximum Gasteiger partial charge on any atom is 0.387 e. The molecule has 0 aliphatic rings. The monoisotopic (exact) mass is 407 g/mol. The highest BCUT2D eigenvalue weighted by molar-refractivity contribution is 5.98. The molecule has 0 fully saturated rings. The van der Waals surface area contributed by atoms with Crippen LogP contribution >= 0.6 is 0 Å². The van der Waals surface area contributed by atoms with Crippen molar-refractivity contribution in [2.24, 2.45) is 0 Å². The Kier molecular flexibility index (Phi) is 7.47. The van der Waals surface area contributed by atoms with Crippen LogP contribution in [0.3, 0.4) is 0 Å². The van der Waals surface area contributed by atoms with Gasteiger partial charge in [0, 0.05) is 11.1 Å². The van der Waals surface area contributed by atoms with Crippen LogP contribution in [0.25, 0.3) is 0 Å². The summed E-state index contributed by atoms with van der Waals surface area (Å²) in [6.07, 6.45) is 0. The van der Waals surface area contributed by atoms with Gasteiger partial charge in [-0.1, -0.05) is 18.2 Å². The first kappa shape index (κ1) is 21.6. The Balaban J connectivity index is 1.87. The summed E-state index contributed by atoms with van der Waals surface area (Å²) >= 11 is 0. The Hall–Kier alpha value is -3.69. The lowest BCUT2D eigenvalue weighted by Crippen LogP contribution is -2.46. The van der Waals surface area contributed by atoms with Crippen molar-refractivity contribution < 1.29 is 32.6 Å². The van der Waals surface area contributed by atoms with Gasteiger partial charge in [0.05, 0.1) is 13.7 Å². The predicted molar refractivity (Wildman–Crippen MR) is 98.7 cm³/mol. The van der Waals surface area contributed by atoms with Crippen molar-refractivity contribution in [2.75, 3.05) is 13.7 Å². The zero-order chi connectivity index (χ0) is 21.4. The van der Waals surface area contributed by atoms with E-state index in [0.29, 0.717) is 5.56 Å². The van der Waals surface area contributed by atoms with E-state index in [1.54, 1.807) is 31.2 Å². The van der Waals surface area contributed by atoms with E-state index in [9.17, 15) is 23.2 Å². The van der Waals surface area contributed by atoms with Crippen LogP contribution < -0.4 is 25.6 Å². The van der Waals surface area contributed by atoms with Gasteiger partial charge >= 0.3 is 6.61 Å². The lowest BCUT2D eigenvalue weighted by atomic mass is 10.1. The van der Waals surface area contributed by atoms with E-state index in [2.05, 4.69) is 20.9 Å². The molecule has 0 heterocycles. The Labute approximate surface area is 165 Å². The lowest BCUT2D eigenvalue weighted by Gasteiger charge is -2.12. The number of ether oxygens (including phenoxy) is 2. The summed E-state index contributed by atoms with van der Waals surface area (Å²) in [7, 11) is 1.24. The van der Waals surface area contributed by atoms with Crippen LogP contribution in [0.5, 0.6) is 11.5 Å². The van der Waals surface area contributed by atoms with Crippen molar-refractivity contribution >= 4 is 17.7 Å². The molecule has 2 aromatic carbocycles. The van der Waals surface area contributed by atoms with Crippen LogP contribution in [0.15, 0.2) is 42.5 Å². The van der Waals surface area contributed by atoms with Gasteiger partial charge in [-0.2, -0.15) is 8.78 Å². The molecule has 0 aliphatic heterocycles. The number of nitrogens with one attached hydrogen (secondary N) is 3. The number of alkyl halides is 2. The van der Waals surface area contributed by atoms with Gasteiger partial charge in [0.2, 0.25) is 0 Å². The minimum Gasteiger partial charge on any atom is -0.493 e. The first-order chi connectivity index (χ1) is 13.8. The third kappa shape index (κ3) is 6.16. The molecule has 29 heavy (non-hydrogen) atoms. The van der Waals surface area contributed by atoms with Crippen LogP contribution in [0.2, 0.25) is 0 Å². The molecule has 0 bridgehead atoms. The van der Waals surface area contributed by atoms with Crippen molar-refractivity contribution in [1.82, 2.24) is 16.2 Å². The third-order valence-corrected chi connectivity index (χ3v) is 3.76. The molecule has 154 valence electrons. The normalized spacial score (nSPS) is 10.2. The molecule has 0 atom stereocenters. The molecule has 8 nitrogen and oxygen atoms in total. The highest BCUT2D eigenvalue weighted by atomic mass is 19.3. The second-order valence-electron chi connectivity index (χ2n) is 5.74. The van der Waals surface area contributed by atoms with E-state index in [4.69, 9.17) is 4.74 Å². The number of hydrogen-bond acceptors (Lipinski definition) is 5. The van der Waals surface area contributed by atoms with Gasteiger partial charge in [-0.15, -0.1) is 0 Å². The van der Waals surface area contributed by atoms with Crippen molar-refractivity contribution in [2.45, 2.75) is 13.5 Å². The van der Waals surface area contributed by atoms with Crippen LogP contribution in [-0.4, -0.2) is 38.0 Å². The number of amides is 3. The summed E-state index contributed by atoms with van der Waals surface area (Å²) in [6, 6.07) is 10.4. The number of hydrogen-bond donors (Lipinski definition) is 3. The molecular weight excluding hydrogens is 388 g/mol. The van der Waals surface area contributed by atoms with Crippen molar-refractivity contribution in [3.05, 3.63) is 59.2 Å². The van der Waals surface area contributed by atoms with E-state index in [1.807, 2.05) is 0 Å². The number of carbonyl (C=O) groups excluding carboxylic acids is 3. The molecule has 10 heteroatoms. The predicted octanol–water partition coefficient (Wildman–Crippen LogP) is 1.80. The molecule has 2 rings (SSSR count). The Bertz CT molecular complexity index is 905. The summed E-state index contributed by atoms with van der Waals surface area (Å²) in [6.45, 7) is -1.71. The number of halogens is 2. The van der Waals surface area contributed by atoms with Gasteiger partial charge in [-0.25, -0.2) is 0 Å². The first-order valence-electron chi connectivity index (χ1n) is 8.37. The fourth-order valence-electron chi connectivity index (χ4n) is 2.33. The maximum atomic E-state index is 12.3. The fourth-order valence-corrected chi connectivity index (χ4v) is 2.33. The second-order valence-corrected chi connectivity index (χ2v) is 5.74. The molecular formula is C19H19F2N3O5. The maximum absolute atomic E-state index is 12.3. The molecule has 0 spiro atoms. The van der Waals surface area contributed by atoms with E-state index < -0.39 is 30.9 Å². The molecule has 0 aromatic heterocycles. The fraction of sp³-hybridized carbons (Fsp3) is 0.211. The van der Waals surface area contributed by atoms with E-state index in [1.165, 1.54) is 19.2 Å². The third-order valence-electron chi connectivity index (χ3n) is 3.76. The van der Waals surface area contributed by atoms with Gasteiger partial charge in [0.1, 0.15) is 0 Å². The number of rotatable bonds is 7. The summed E-state index contributed by atoms with van der Waals surface area (Å²) < 4.78 is 33.9. The minimum atomic E-state index is -3.04. The Morgan fingerprint density at radius 2 is 1.72 bits per heavy atom. The summed E-state index contributed by atoms with van der Waals surface area (Å²) in [4.78, 5) is 36.0. The number of methoxy groups -OCH3 is 1. The molecule has 3 N–H and O–H groups in total. The zero-order valence-corrected chi connectivity index (χ0v) is 15.6. The lowest BCUT2D eigenvalue weighted by molar-refractivity contribution is -0.120. The van der Waals surface area contributed by atoms with Gasteiger partial charge < -0.3 is 14.8 Å². The Morgan fingerprint density at radius 1 is 1.00 bits per heavy atom. The van der Waals surface area contributed by atoms with Crippen LogP contribution in [0.4, 0.5) is 8.78 Å². The van der Waals surface area contributed by atoms with Crippen LogP contribution in [-0.2, 0) is 4.79 Å². The molecule has 0 unspecified atom stereocenters. The summed E-state index contributed by atoms with van der Waals surface area (Å²) in [5, 5.41) is 2.34. The molecule has 0 radical (unpaired) electrons. The minimum absolute atomic E-state index is 0.0621. The number of aryl methyl sites for hydroxylation is 1. The molecule has 0 saturated carbocycles. The average Bonchev–Trinajstić information content (AvgIpc) is 2.70. The van der Waals surface area contributed by atoms with Gasteiger partial charge in [0.15, 0.2) is 11.5 Å². The number of carbonyl (C=O) groups is 3. The van der Waals surface area contributed by atoms with Crippen molar-refractivity contribution in [3.8, 4) is 11.5 Å². The Morgan fingerprint density at radius 3 is 2.38 bits per heavy atom. The molecule has 0 saturated heterocycles. The quantitative estimate of drug-likeness (QED) is 0.607. The SMILES string of the molecule is COc1cc(C(=O)NCC(=O)NNC(=O)c2ccccc2C)ccc1OC(F)F. The standard InChI is InChI=1S/C19H19F2N3O5/c1-11-5-3-4-6-13(11)18(27)24-23-16(25)10-22-17(26)12-7-8-14(29-19(20)21)15(9-12)28-2/h3-9,19H,10H2,1-2H3,(H,22,26)(H,23,25)(H,24,27). The van der Waals surface area contributed by atoms with Gasteiger partial charge in [-0.05, 0) is 36.8 Å². The number of benzene rings is 2. The average molecular weight is 407 g/mol. The van der Waals surface area contributed by atoms with Gasteiger partial charge in [0.25, 0.3) is 17.7 Å². The molecule has 3 amide bonds. The smallest absolute Gasteiger partial charge is 0.387 e. The van der Waals surface area contributed by atoms with Crippen molar-refractivity contribution in [1.29, 1.82) is 0 Å².